The van der Waals surface area contributed by atoms with Crippen LogP contribution >= 0.6 is 0 Å². The second-order valence-corrected chi connectivity index (χ2v) is 6.74. The van der Waals surface area contributed by atoms with Gasteiger partial charge in [0.25, 0.3) is 0 Å². The zero-order valence-electron chi connectivity index (χ0n) is 13.0. The van der Waals surface area contributed by atoms with Crippen molar-refractivity contribution in [3.63, 3.8) is 0 Å². The fraction of sp³-hybridized carbons (Fsp3) is 0.824. The van der Waals surface area contributed by atoms with E-state index in [1.807, 2.05) is 0 Å². The zero-order chi connectivity index (χ0) is 14.7. The summed E-state index contributed by atoms with van der Waals surface area (Å²) in [4.78, 5) is 17.1. The lowest BCUT2D eigenvalue weighted by atomic mass is 10.0. The largest absolute Gasteiger partial charge is 0.395 e. The van der Waals surface area contributed by atoms with Crippen LogP contribution in [0.1, 0.15) is 57.8 Å². The van der Waals surface area contributed by atoms with Crippen molar-refractivity contribution >= 4 is 5.91 Å². The van der Waals surface area contributed by atoms with E-state index in [1.165, 1.54) is 25.0 Å². The van der Waals surface area contributed by atoms with Crippen molar-refractivity contribution < 1.29 is 9.90 Å². The number of carbonyl (C=O) groups is 1. The molecule has 1 aliphatic heterocycles. The van der Waals surface area contributed by atoms with E-state index in [0.29, 0.717) is 12.6 Å². The first-order chi connectivity index (χ1) is 10.3. The van der Waals surface area contributed by atoms with Gasteiger partial charge in [0.15, 0.2) is 0 Å². The van der Waals surface area contributed by atoms with Crippen molar-refractivity contribution in [3.05, 3.63) is 11.8 Å². The number of piperidine rings is 1. The Kier molecular flexibility index (Phi) is 4.96. The Morgan fingerprint density at radius 3 is 2.76 bits per heavy atom. The average Bonchev–Trinajstić information content (AvgIpc) is 3.34. The Morgan fingerprint density at radius 2 is 2.10 bits per heavy atom. The smallest absolute Gasteiger partial charge is 0.241 e. The summed E-state index contributed by atoms with van der Waals surface area (Å²) in [6, 6.07) is 0.642. The molecule has 21 heavy (non-hydrogen) atoms. The molecule has 3 rings (SSSR count). The van der Waals surface area contributed by atoms with E-state index >= 15 is 0 Å². The van der Waals surface area contributed by atoms with Crippen molar-refractivity contribution in [2.45, 2.75) is 69.9 Å². The van der Waals surface area contributed by atoms with E-state index in [1.54, 1.807) is 0 Å². The molecule has 1 saturated heterocycles. The number of hydrogen-bond acceptors (Lipinski definition) is 3. The normalized spacial score (nSPS) is 27.3. The monoisotopic (exact) mass is 292 g/mol. The highest BCUT2D eigenvalue weighted by molar-refractivity contribution is 5.81. The summed E-state index contributed by atoms with van der Waals surface area (Å²) in [7, 11) is 0. The number of allylic oxidation sites excluding steroid dienone is 2. The number of aliphatic hydroxyl groups excluding tert-OH is 1. The van der Waals surface area contributed by atoms with Gasteiger partial charge in [0.1, 0.15) is 0 Å². The van der Waals surface area contributed by atoms with Gasteiger partial charge in [-0.2, -0.15) is 0 Å². The lowest BCUT2D eigenvalue weighted by molar-refractivity contribution is -0.132. The molecule has 1 atom stereocenters. The standard InChI is InChI=1S/C17H28N2O2/c20-13-16-8-4-5-11-18(16)12-17(21)19(15-9-10-15)14-6-2-1-3-7-14/h6,15-16,20H,1-5,7-13H2. The molecule has 1 saturated carbocycles. The molecule has 1 heterocycles. The molecule has 0 aromatic carbocycles. The number of likely N-dealkylation sites (tertiary alicyclic amines) is 1. The van der Waals surface area contributed by atoms with Gasteiger partial charge in [-0.3, -0.25) is 9.69 Å². The first-order valence-electron chi connectivity index (χ1n) is 8.65. The van der Waals surface area contributed by atoms with Crippen LogP contribution in [0.5, 0.6) is 0 Å². The van der Waals surface area contributed by atoms with Gasteiger partial charge < -0.3 is 10.0 Å². The van der Waals surface area contributed by atoms with E-state index in [4.69, 9.17) is 0 Å². The zero-order valence-corrected chi connectivity index (χ0v) is 13.0. The lowest BCUT2D eigenvalue weighted by Crippen LogP contribution is -2.48. The van der Waals surface area contributed by atoms with E-state index in [0.717, 1.165) is 45.1 Å². The minimum absolute atomic E-state index is 0.180. The number of amides is 1. The van der Waals surface area contributed by atoms with Crippen LogP contribution < -0.4 is 0 Å². The van der Waals surface area contributed by atoms with Crippen molar-refractivity contribution in [2.75, 3.05) is 19.7 Å². The fourth-order valence-electron chi connectivity index (χ4n) is 3.70. The molecule has 3 aliphatic rings. The molecule has 0 radical (unpaired) electrons. The molecule has 1 amide bonds. The third-order valence-corrected chi connectivity index (χ3v) is 5.06. The molecule has 1 unspecified atom stereocenters. The number of nitrogens with zero attached hydrogens (tertiary/aromatic N) is 2. The highest BCUT2D eigenvalue weighted by Gasteiger charge is 2.36. The minimum atomic E-state index is 0.180. The first kappa shape index (κ1) is 15.0. The molecule has 2 fully saturated rings. The summed E-state index contributed by atoms with van der Waals surface area (Å²) in [6.07, 6.45) is 12.6. The molecule has 118 valence electrons. The molecule has 1 N–H and O–H groups in total. The number of rotatable bonds is 5. The van der Waals surface area contributed by atoms with Crippen molar-refractivity contribution in [1.29, 1.82) is 0 Å². The molecule has 0 bridgehead atoms. The minimum Gasteiger partial charge on any atom is -0.395 e. The Balaban J connectivity index is 1.65. The van der Waals surface area contributed by atoms with Crippen LogP contribution in [0.4, 0.5) is 0 Å². The summed E-state index contributed by atoms with van der Waals surface area (Å²) < 4.78 is 0. The molecule has 4 nitrogen and oxygen atoms in total. The van der Waals surface area contributed by atoms with E-state index in [2.05, 4.69) is 15.9 Å². The van der Waals surface area contributed by atoms with Crippen molar-refractivity contribution in [1.82, 2.24) is 9.80 Å². The lowest BCUT2D eigenvalue weighted by Gasteiger charge is -2.36. The number of hydrogen-bond donors (Lipinski definition) is 1. The SMILES string of the molecule is O=C(CN1CCCCC1CO)N(C1=CCCCC1)C1CC1. The predicted molar refractivity (Wildman–Crippen MR) is 82.7 cm³/mol. The maximum atomic E-state index is 12.8. The van der Waals surface area contributed by atoms with Crippen LogP contribution in [0.15, 0.2) is 11.8 Å². The van der Waals surface area contributed by atoms with Crippen LogP contribution in [0, 0.1) is 0 Å². The average molecular weight is 292 g/mol. The molecule has 2 aliphatic carbocycles. The Hall–Kier alpha value is -0.870. The Bertz CT molecular complexity index is 404. The topological polar surface area (TPSA) is 43.8 Å². The van der Waals surface area contributed by atoms with Gasteiger partial charge in [-0.15, -0.1) is 0 Å². The van der Waals surface area contributed by atoms with Crippen LogP contribution in [0.2, 0.25) is 0 Å². The van der Waals surface area contributed by atoms with E-state index < -0.39 is 0 Å². The van der Waals surface area contributed by atoms with Gasteiger partial charge in [-0.1, -0.05) is 12.5 Å². The molecular weight excluding hydrogens is 264 g/mol. The van der Waals surface area contributed by atoms with Crippen LogP contribution in [-0.4, -0.2) is 52.6 Å². The van der Waals surface area contributed by atoms with Gasteiger partial charge in [0.05, 0.1) is 13.2 Å². The maximum absolute atomic E-state index is 12.8. The highest BCUT2D eigenvalue weighted by Crippen LogP contribution is 2.34. The Morgan fingerprint density at radius 1 is 1.24 bits per heavy atom. The van der Waals surface area contributed by atoms with Gasteiger partial charge >= 0.3 is 0 Å². The molecule has 0 spiro atoms. The second-order valence-electron chi connectivity index (χ2n) is 6.74. The Labute approximate surface area is 127 Å². The number of aliphatic hydroxyl groups is 1. The third kappa shape index (κ3) is 3.67. The van der Waals surface area contributed by atoms with Gasteiger partial charge in [0.2, 0.25) is 5.91 Å². The van der Waals surface area contributed by atoms with Crippen molar-refractivity contribution in [3.8, 4) is 0 Å². The molecular formula is C17H28N2O2. The quantitative estimate of drug-likeness (QED) is 0.845. The van der Waals surface area contributed by atoms with E-state index in [-0.39, 0.29) is 18.6 Å². The summed E-state index contributed by atoms with van der Waals surface area (Å²) in [5.74, 6) is 0.256. The van der Waals surface area contributed by atoms with Gasteiger partial charge in [-0.25, -0.2) is 0 Å². The van der Waals surface area contributed by atoms with E-state index in [9.17, 15) is 9.90 Å². The van der Waals surface area contributed by atoms with Crippen LogP contribution in [0.3, 0.4) is 0 Å². The summed E-state index contributed by atoms with van der Waals surface area (Å²) >= 11 is 0. The summed E-state index contributed by atoms with van der Waals surface area (Å²) in [5.41, 5.74) is 1.27. The first-order valence-corrected chi connectivity index (χ1v) is 8.65. The number of carbonyl (C=O) groups excluding carboxylic acids is 1. The third-order valence-electron chi connectivity index (χ3n) is 5.06. The molecule has 0 aromatic rings. The maximum Gasteiger partial charge on any atom is 0.241 e. The van der Waals surface area contributed by atoms with Crippen LogP contribution in [-0.2, 0) is 4.79 Å². The second kappa shape index (κ2) is 6.93. The van der Waals surface area contributed by atoms with Crippen molar-refractivity contribution in [2.24, 2.45) is 0 Å². The highest BCUT2D eigenvalue weighted by atomic mass is 16.3. The van der Waals surface area contributed by atoms with Crippen LogP contribution in [0.25, 0.3) is 0 Å². The predicted octanol–water partition coefficient (Wildman–Crippen LogP) is 2.28. The van der Waals surface area contributed by atoms with Gasteiger partial charge in [-0.05, 0) is 57.9 Å². The van der Waals surface area contributed by atoms with Gasteiger partial charge in [0, 0.05) is 17.8 Å². The fourth-order valence-corrected chi connectivity index (χ4v) is 3.70. The summed E-state index contributed by atoms with van der Waals surface area (Å²) in [6.45, 7) is 1.62. The summed E-state index contributed by atoms with van der Waals surface area (Å²) in [5, 5.41) is 9.51. The molecule has 4 heteroatoms. The molecule has 0 aromatic heterocycles.